The highest BCUT2D eigenvalue weighted by atomic mass is 16.6. The van der Waals surface area contributed by atoms with Crippen LogP contribution < -0.4 is 0 Å². The summed E-state index contributed by atoms with van der Waals surface area (Å²) in [5.41, 5.74) is -0.830. The zero-order valence-electron chi connectivity index (χ0n) is 37.6. The van der Waals surface area contributed by atoms with Gasteiger partial charge in [0.1, 0.15) is 11.2 Å². The SMILES string of the molecule is CC.CC.CCC(C)(C)C(=O)OC(C)(C)C12CC3C4CC5CC3C(C1)C(C5)C4C2.CCC(C)(C)C(=O)OC(C)(C)C12CC3CC4C5CC(CC41)CC2C5C3. The lowest BCUT2D eigenvalue weighted by atomic mass is 9.28. The van der Waals surface area contributed by atoms with Crippen LogP contribution >= 0.6 is 0 Å². The van der Waals surface area contributed by atoms with E-state index in [0.29, 0.717) is 0 Å². The summed E-state index contributed by atoms with van der Waals surface area (Å²) in [4.78, 5) is 25.8. The average molecular weight is 749 g/mol. The molecule has 14 aliphatic carbocycles. The molecule has 0 aliphatic heterocycles. The minimum atomic E-state index is -0.364. The van der Waals surface area contributed by atoms with E-state index in [1.165, 1.54) is 77.0 Å². The Morgan fingerprint density at radius 2 is 0.796 bits per heavy atom. The highest BCUT2D eigenvalue weighted by Crippen LogP contribution is 2.79. The lowest BCUT2D eigenvalue weighted by Crippen LogP contribution is -2.73. The van der Waals surface area contributed by atoms with Crippen molar-refractivity contribution in [3.63, 3.8) is 0 Å². The third kappa shape index (κ3) is 5.73. The van der Waals surface area contributed by atoms with Crippen molar-refractivity contribution < 1.29 is 19.1 Å². The van der Waals surface area contributed by atoms with Crippen LogP contribution in [-0.4, -0.2) is 23.1 Å². The average Bonchev–Trinajstić information content (AvgIpc) is 3.16. The predicted octanol–water partition coefficient (Wildman–Crippen LogP) is 13.0. The molecule has 4 nitrogen and oxygen atoms in total. The van der Waals surface area contributed by atoms with Crippen molar-refractivity contribution >= 4 is 11.9 Å². The minimum Gasteiger partial charge on any atom is -0.459 e. The molecule has 54 heavy (non-hydrogen) atoms. The highest BCUT2D eigenvalue weighted by Gasteiger charge is 2.75. The zero-order valence-corrected chi connectivity index (χ0v) is 37.6. The topological polar surface area (TPSA) is 52.6 Å². The Bertz CT molecular complexity index is 1320. The molecule has 0 aromatic carbocycles. The molecular weight excluding hydrogens is 665 g/mol. The van der Waals surface area contributed by atoms with Crippen LogP contribution in [0.25, 0.3) is 0 Å². The van der Waals surface area contributed by atoms with Crippen LogP contribution in [0.1, 0.15) is 187 Å². The fourth-order valence-electron chi connectivity index (χ4n) is 17.0. The molecule has 0 radical (unpaired) electrons. The first kappa shape index (κ1) is 41.1. The maximum atomic E-state index is 13.0. The Balaban J connectivity index is 0.000000153. The van der Waals surface area contributed by atoms with Crippen LogP contribution in [0.2, 0.25) is 0 Å². The molecule has 14 fully saturated rings. The summed E-state index contributed by atoms with van der Waals surface area (Å²) in [5.74, 6) is 13.5. The fraction of sp³-hybridized carbons (Fsp3) is 0.960. The van der Waals surface area contributed by atoms with Gasteiger partial charge in [0.2, 0.25) is 0 Å². The van der Waals surface area contributed by atoms with Crippen molar-refractivity contribution in [1.29, 1.82) is 0 Å². The third-order valence-corrected chi connectivity index (χ3v) is 20.0. The van der Waals surface area contributed by atoms with E-state index in [0.717, 1.165) is 95.7 Å². The van der Waals surface area contributed by atoms with Gasteiger partial charge in [-0.1, -0.05) is 41.5 Å². The van der Waals surface area contributed by atoms with E-state index < -0.39 is 0 Å². The van der Waals surface area contributed by atoms with Gasteiger partial charge in [0.05, 0.1) is 10.8 Å². The van der Waals surface area contributed by atoms with E-state index in [-0.39, 0.29) is 44.8 Å². The van der Waals surface area contributed by atoms with E-state index in [4.69, 9.17) is 9.47 Å². The molecular formula is C50H84O4. The fourth-order valence-corrected chi connectivity index (χ4v) is 17.0. The number of ether oxygens (including phenoxy) is 2. The molecule has 0 heterocycles. The molecule has 16 bridgehead atoms. The third-order valence-electron chi connectivity index (χ3n) is 20.0. The summed E-state index contributed by atoms with van der Waals surface area (Å²) in [5, 5.41) is 0. The zero-order chi connectivity index (χ0) is 39.6. The number of hydrogen-bond acceptors (Lipinski definition) is 4. The molecule has 0 aromatic heterocycles. The van der Waals surface area contributed by atoms with E-state index >= 15 is 0 Å². The standard InChI is InChI=1S/2C23H36O2.2C2H6/c1-6-21(2,3)20(24)25-22(4,5)23-12-14-8-16-15-7-13(10-18(16)23)11-19(23)17(15)9-14;1-6-21(2,3)20(24)25-22(4,5)23-10-17-14-7-13-8-15(17)19(12-23)16(9-13)18(14)11-23;2*1-2/h2*13-19H,6-12H2,1-5H3;2*1-2H3. The van der Waals surface area contributed by atoms with Gasteiger partial charge in [0.15, 0.2) is 0 Å². The number of carbonyl (C=O) groups excluding carboxylic acids is 2. The second-order valence-corrected chi connectivity index (χ2v) is 23.1. The number of rotatable bonds is 8. The van der Waals surface area contributed by atoms with Crippen LogP contribution in [0.5, 0.6) is 0 Å². The van der Waals surface area contributed by atoms with Gasteiger partial charge < -0.3 is 9.47 Å². The van der Waals surface area contributed by atoms with Crippen molar-refractivity contribution in [2.45, 2.75) is 198 Å². The second-order valence-electron chi connectivity index (χ2n) is 23.1. The van der Waals surface area contributed by atoms with Crippen LogP contribution in [0.15, 0.2) is 0 Å². The molecule has 14 aliphatic rings. The number of hydrogen-bond donors (Lipinski definition) is 0. The number of esters is 2. The van der Waals surface area contributed by atoms with Crippen molar-refractivity contribution in [2.24, 2.45) is 105 Å². The lowest BCUT2D eigenvalue weighted by Gasteiger charge is -2.77. The molecule has 0 amide bonds. The van der Waals surface area contributed by atoms with Crippen molar-refractivity contribution in [3.05, 3.63) is 0 Å². The van der Waals surface area contributed by atoms with Gasteiger partial charge in [0.25, 0.3) is 0 Å². The molecule has 0 saturated heterocycles. The van der Waals surface area contributed by atoms with Crippen LogP contribution in [0.3, 0.4) is 0 Å². The van der Waals surface area contributed by atoms with Crippen LogP contribution in [0, 0.1) is 105 Å². The van der Waals surface area contributed by atoms with Crippen molar-refractivity contribution in [3.8, 4) is 0 Å². The monoisotopic (exact) mass is 749 g/mol. The first-order valence-corrected chi connectivity index (χ1v) is 23.8. The predicted molar refractivity (Wildman–Crippen MR) is 220 cm³/mol. The summed E-state index contributed by atoms with van der Waals surface area (Å²) >= 11 is 0. The smallest absolute Gasteiger partial charge is 0.312 e. The molecule has 0 spiro atoms. The minimum absolute atomic E-state index is 0.0136. The molecule has 308 valence electrons. The molecule has 4 heteroatoms. The Labute approximate surface area is 332 Å². The Kier molecular flexibility index (Phi) is 10.5. The maximum absolute atomic E-state index is 13.0. The van der Waals surface area contributed by atoms with Crippen molar-refractivity contribution in [1.82, 2.24) is 0 Å². The van der Waals surface area contributed by atoms with E-state index in [1.54, 1.807) is 0 Å². The Morgan fingerprint density at radius 1 is 0.463 bits per heavy atom. The normalized spacial score (nSPS) is 46.3. The largest absolute Gasteiger partial charge is 0.459 e. The van der Waals surface area contributed by atoms with Gasteiger partial charge in [-0.3, -0.25) is 9.59 Å². The Morgan fingerprint density at radius 3 is 1.19 bits per heavy atom. The van der Waals surface area contributed by atoms with Gasteiger partial charge in [0, 0.05) is 10.8 Å². The first-order chi connectivity index (χ1) is 25.4. The summed E-state index contributed by atoms with van der Waals surface area (Å²) < 4.78 is 12.7. The molecule has 0 N–H and O–H groups in total. The molecule has 4 atom stereocenters. The first-order valence-electron chi connectivity index (χ1n) is 23.8. The second kappa shape index (κ2) is 13.8. The maximum Gasteiger partial charge on any atom is 0.312 e. The van der Waals surface area contributed by atoms with Crippen LogP contribution in [-0.2, 0) is 19.1 Å². The van der Waals surface area contributed by atoms with E-state index in [9.17, 15) is 9.59 Å². The van der Waals surface area contributed by atoms with Gasteiger partial charge in [-0.2, -0.15) is 0 Å². The van der Waals surface area contributed by atoms with Gasteiger partial charge in [-0.25, -0.2) is 0 Å². The Hall–Kier alpha value is -1.06. The van der Waals surface area contributed by atoms with Crippen LogP contribution in [0.4, 0.5) is 0 Å². The van der Waals surface area contributed by atoms with Crippen molar-refractivity contribution in [2.75, 3.05) is 0 Å². The van der Waals surface area contributed by atoms with Gasteiger partial charge in [-0.15, -0.1) is 0 Å². The van der Waals surface area contributed by atoms with E-state index in [1.807, 2.05) is 55.4 Å². The lowest BCUT2D eigenvalue weighted by molar-refractivity contribution is -0.309. The quantitative estimate of drug-likeness (QED) is 0.232. The summed E-state index contributed by atoms with van der Waals surface area (Å²) in [7, 11) is 0. The molecule has 4 unspecified atom stereocenters. The van der Waals surface area contributed by atoms with Gasteiger partial charge >= 0.3 is 11.9 Å². The molecule has 0 aromatic rings. The summed E-state index contributed by atoms with van der Waals surface area (Å²) in [6.07, 6.45) is 18.9. The summed E-state index contributed by atoms with van der Waals surface area (Å²) in [6.45, 7) is 29.4. The molecule has 14 saturated carbocycles. The van der Waals surface area contributed by atoms with Gasteiger partial charge in [-0.05, 0) is 228 Å². The summed E-state index contributed by atoms with van der Waals surface area (Å²) in [6, 6.07) is 0. The number of carbonyl (C=O) groups is 2. The highest BCUT2D eigenvalue weighted by molar-refractivity contribution is 5.76. The van der Waals surface area contributed by atoms with E-state index in [2.05, 4.69) is 41.5 Å². The molecule has 14 rings (SSSR count).